The number of amides is 2. The topological polar surface area (TPSA) is 64.9 Å². The Morgan fingerprint density at radius 2 is 2.13 bits per heavy atom. The number of carbonyl (C=O) groups excluding carboxylic acids is 1. The number of rotatable bonds is 3. The molecule has 0 heterocycles. The van der Waals surface area contributed by atoms with Crippen molar-refractivity contribution in [2.24, 2.45) is 5.92 Å². The average molecular weight is 203 g/mol. The highest BCUT2D eigenvalue weighted by Crippen LogP contribution is 2.04. The van der Waals surface area contributed by atoms with Gasteiger partial charge in [0.1, 0.15) is 0 Å². The van der Waals surface area contributed by atoms with Crippen molar-refractivity contribution < 1.29 is 4.79 Å². The average Bonchev–Trinajstić information content (AvgIpc) is 2.27. The zero-order valence-electron chi connectivity index (χ0n) is 8.53. The summed E-state index contributed by atoms with van der Waals surface area (Å²) in [6.45, 7) is 2.11. The first kappa shape index (κ1) is 11.1. The number of urea groups is 1. The van der Waals surface area contributed by atoms with Gasteiger partial charge >= 0.3 is 6.03 Å². The van der Waals surface area contributed by atoms with E-state index in [4.69, 9.17) is 5.26 Å². The molecule has 4 nitrogen and oxygen atoms in total. The van der Waals surface area contributed by atoms with Gasteiger partial charge in [-0.15, -0.1) is 0 Å². The lowest BCUT2D eigenvalue weighted by atomic mass is 10.2. The molecule has 2 N–H and O–H groups in total. The maximum absolute atomic E-state index is 11.3. The van der Waals surface area contributed by atoms with Gasteiger partial charge in [0.25, 0.3) is 0 Å². The molecule has 0 aromatic heterocycles. The molecule has 1 aromatic rings. The maximum Gasteiger partial charge on any atom is 0.319 e. The molecule has 15 heavy (non-hydrogen) atoms. The van der Waals surface area contributed by atoms with E-state index in [1.165, 1.54) is 0 Å². The third kappa shape index (κ3) is 4.14. The fourth-order valence-electron chi connectivity index (χ4n) is 0.988. The van der Waals surface area contributed by atoms with Gasteiger partial charge in [0.2, 0.25) is 0 Å². The SMILES string of the molecule is C[C@H](C#N)CNC(=O)Nc1ccccc1. The summed E-state index contributed by atoms with van der Waals surface area (Å²) in [4.78, 5) is 11.3. The number of hydrogen-bond donors (Lipinski definition) is 2. The summed E-state index contributed by atoms with van der Waals surface area (Å²) < 4.78 is 0. The molecule has 1 aromatic carbocycles. The molecule has 1 atom stereocenters. The predicted octanol–water partition coefficient (Wildman–Crippen LogP) is 1.97. The van der Waals surface area contributed by atoms with Gasteiger partial charge in [0.15, 0.2) is 0 Å². The van der Waals surface area contributed by atoms with Crippen molar-refractivity contribution in [3.05, 3.63) is 30.3 Å². The Hall–Kier alpha value is -2.02. The van der Waals surface area contributed by atoms with Crippen LogP contribution in [0.25, 0.3) is 0 Å². The number of benzene rings is 1. The van der Waals surface area contributed by atoms with Gasteiger partial charge in [-0.25, -0.2) is 4.79 Å². The molecule has 0 unspecified atom stereocenters. The smallest absolute Gasteiger partial charge is 0.319 e. The molecular formula is C11H13N3O. The van der Waals surface area contributed by atoms with E-state index in [9.17, 15) is 4.79 Å². The summed E-state index contributed by atoms with van der Waals surface area (Å²) in [5.74, 6) is -0.175. The Balaban J connectivity index is 2.35. The lowest BCUT2D eigenvalue weighted by molar-refractivity contribution is 0.251. The zero-order chi connectivity index (χ0) is 11.1. The minimum atomic E-state index is -0.289. The molecule has 0 bridgehead atoms. The number of carbonyl (C=O) groups is 1. The minimum Gasteiger partial charge on any atom is -0.337 e. The predicted molar refractivity (Wildman–Crippen MR) is 58.2 cm³/mol. The van der Waals surface area contributed by atoms with E-state index >= 15 is 0 Å². The first-order valence-electron chi connectivity index (χ1n) is 4.72. The zero-order valence-corrected chi connectivity index (χ0v) is 8.53. The number of hydrogen-bond acceptors (Lipinski definition) is 2. The third-order valence-electron chi connectivity index (χ3n) is 1.82. The fourth-order valence-corrected chi connectivity index (χ4v) is 0.988. The van der Waals surface area contributed by atoms with E-state index < -0.39 is 0 Å². The van der Waals surface area contributed by atoms with E-state index in [1.807, 2.05) is 24.3 Å². The number of nitrogens with zero attached hydrogens (tertiary/aromatic N) is 1. The van der Waals surface area contributed by atoms with Gasteiger partial charge in [-0.1, -0.05) is 18.2 Å². The van der Waals surface area contributed by atoms with Crippen molar-refractivity contribution >= 4 is 11.7 Å². The lowest BCUT2D eigenvalue weighted by Crippen LogP contribution is -2.31. The highest BCUT2D eigenvalue weighted by molar-refractivity contribution is 5.89. The molecule has 0 aliphatic carbocycles. The molecule has 78 valence electrons. The Bertz CT molecular complexity index is 356. The first-order chi connectivity index (χ1) is 7.22. The van der Waals surface area contributed by atoms with E-state index in [0.717, 1.165) is 5.69 Å². The molecule has 4 heteroatoms. The molecule has 0 aliphatic heterocycles. The van der Waals surface area contributed by atoms with Crippen molar-refractivity contribution in [1.29, 1.82) is 5.26 Å². The van der Waals surface area contributed by atoms with Crippen LogP contribution < -0.4 is 10.6 Å². The highest BCUT2D eigenvalue weighted by atomic mass is 16.2. The standard InChI is InChI=1S/C11H13N3O/c1-9(7-12)8-13-11(15)14-10-5-3-2-4-6-10/h2-6,9H,8H2,1H3,(H2,13,14,15)/t9-/m1/s1. The van der Waals surface area contributed by atoms with Crippen LogP contribution in [0.15, 0.2) is 30.3 Å². The van der Waals surface area contributed by atoms with E-state index in [-0.39, 0.29) is 11.9 Å². The highest BCUT2D eigenvalue weighted by Gasteiger charge is 2.03. The van der Waals surface area contributed by atoms with Crippen LogP contribution in [-0.2, 0) is 0 Å². The van der Waals surface area contributed by atoms with Crippen LogP contribution in [0, 0.1) is 17.2 Å². The van der Waals surface area contributed by atoms with Gasteiger partial charge < -0.3 is 10.6 Å². The Labute approximate surface area is 88.9 Å². The molecule has 0 aliphatic rings. The van der Waals surface area contributed by atoms with Gasteiger partial charge in [-0.3, -0.25) is 0 Å². The first-order valence-corrected chi connectivity index (χ1v) is 4.72. The molecular weight excluding hydrogens is 190 g/mol. The van der Waals surface area contributed by atoms with Crippen molar-refractivity contribution in [3.63, 3.8) is 0 Å². The summed E-state index contributed by atoms with van der Waals surface area (Å²) in [6.07, 6.45) is 0. The van der Waals surface area contributed by atoms with Gasteiger partial charge in [-0.05, 0) is 19.1 Å². The van der Waals surface area contributed by atoms with E-state index in [2.05, 4.69) is 10.6 Å². The fraction of sp³-hybridized carbons (Fsp3) is 0.273. The van der Waals surface area contributed by atoms with Gasteiger partial charge in [-0.2, -0.15) is 5.26 Å². The Kier molecular flexibility index (Phi) is 4.17. The molecule has 0 saturated heterocycles. The molecule has 2 amide bonds. The number of nitriles is 1. The van der Waals surface area contributed by atoms with Gasteiger partial charge in [0, 0.05) is 12.2 Å². The monoisotopic (exact) mass is 203 g/mol. The van der Waals surface area contributed by atoms with Crippen LogP contribution in [0.5, 0.6) is 0 Å². The van der Waals surface area contributed by atoms with Crippen LogP contribution in [0.3, 0.4) is 0 Å². The number of nitrogens with one attached hydrogen (secondary N) is 2. The largest absolute Gasteiger partial charge is 0.337 e. The normalized spacial score (nSPS) is 11.2. The summed E-state index contributed by atoms with van der Waals surface area (Å²) in [6, 6.07) is 10.9. The van der Waals surface area contributed by atoms with Crippen LogP contribution in [-0.4, -0.2) is 12.6 Å². The Morgan fingerprint density at radius 3 is 2.73 bits per heavy atom. The van der Waals surface area contributed by atoms with Gasteiger partial charge in [0.05, 0.1) is 12.0 Å². The summed E-state index contributed by atoms with van der Waals surface area (Å²) in [5, 5.41) is 13.8. The minimum absolute atomic E-state index is 0.175. The molecule has 0 fully saturated rings. The summed E-state index contributed by atoms with van der Waals surface area (Å²) in [5.41, 5.74) is 0.736. The molecule has 1 rings (SSSR count). The van der Waals surface area contributed by atoms with Crippen LogP contribution in [0.4, 0.5) is 10.5 Å². The summed E-state index contributed by atoms with van der Waals surface area (Å²) in [7, 11) is 0. The third-order valence-corrected chi connectivity index (χ3v) is 1.82. The van der Waals surface area contributed by atoms with Crippen LogP contribution >= 0.6 is 0 Å². The second-order valence-electron chi connectivity index (χ2n) is 3.23. The molecule has 0 radical (unpaired) electrons. The lowest BCUT2D eigenvalue weighted by Gasteiger charge is -2.07. The van der Waals surface area contributed by atoms with Crippen molar-refractivity contribution in [1.82, 2.24) is 5.32 Å². The van der Waals surface area contributed by atoms with Crippen LogP contribution in [0.1, 0.15) is 6.92 Å². The number of anilines is 1. The second kappa shape index (κ2) is 5.66. The van der Waals surface area contributed by atoms with Crippen molar-refractivity contribution in [2.75, 3.05) is 11.9 Å². The Morgan fingerprint density at radius 1 is 1.47 bits per heavy atom. The second-order valence-corrected chi connectivity index (χ2v) is 3.23. The van der Waals surface area contributed by atoms with Crippen LogP contribution in [0.2, 0.25) is 0 Å². The summed E-state index contributed by atoms with van der Waals surface area (Å²) >= 11 is 0. The maximum atomic E-state index is 11.3. The number of para-hydroxylation sites is 1. The van der Waals surface area contributed by atoms with Crippen molar-refractivity contribution in [3.8, 4) is 6.07 Å². The quantitative estimate of drug-likeness (QED) is 0.788. The molecule has 0 spiro atoms. The van der Waals surface area contributed by atoms with E-state index in [1.54, 1.807) is 19.1 Å². The van der Waals surface area contributed by atoms with Crippen molar-refractivity contribution in [2.45, 2.75) is 6.92 Å². The molecule has 0 saturated carbocycles. The van der Waals surface area contributed by atoms with E-state index in [0.29, 0.717) is 6.54 Å².